The summed E-state index contributed by atoms with van der Waals surface area (Å²) in [6.07, 6.45) is -1.65. The molecule has 2 aromatic rings. The van der Waals surface area contributed by atoms with Crippen molar-refractivity contribution >= 4 is 12.2 Å². The third kappa shape index (κ3) is 7.73. The lowest BCUT2D eigenvalue weighted by Gasteiger charge is -2.30. The van der Waals surface area contributed by atoms with Crippen molar-refractivity contribution in [1.82, 2.24) is 4.90 Å². The number of nitrogens with zero attached hydrogens (tertiary/aromatic N) is 1. The quantitative estimate of drug-likeness (QED) is 0.636. The fourth-order valence-corrected chi connectivity index (χ4v) is 2.41. The first-order chi connectivity index (χ1) is 15.1. The number of imide groups is 1. The predicted molar refractivity (Wildman–Crippen MR) is 119 cm³/mol. The minimum atomic E-state index is -1.65. The molecule has 0 aliphatic rings. The Labute approximate surface area is 188 Å². The van der Waals surface area contributed by atoms with E-state index < -0.39 is 23.4 Å². The van der Waals surface area contributed by atoms with Gasteiger partial charge in [0.25, 0.3) is 0 Å². The maximum absolute atomic E-state index is 12.6. The van der Waals surface area contributed by atoms with Crippen LogP contribution in [0.1, 0.15) is 38.3 Å². The molecule has 1 unspecified atom stereocenters. The van der Waals surface area contributed by atoms with Crippen LogP contribution in [0.4, 0.5) is 9.59 Å². The van der Waals surface area contributed by atoms with E-state index in [2.05, 4.69) is 11.8 Å². The summed E-state index contributed by atoms with van der Waals surface area (Å²) < 4.78 is 10.5. The molecule has 2 aromatic carbocycles. The van der Waals surface area contributed by atoms with Gasteiger partial charge in [-0.2, -0.15) is 0 Å². The van der Waals surface area contributed by atoms with Gasteiger partial charge in [0.2, 0.25) is 0 Å². The molecule has 0 fully saturated rings. The van der Waals surface area contributed by atoms with Gasteiger partial charge >= 0.3 is 12.2 Å². The average molecular weight is 440 g/mol. The largest absolute Gasteiger partial charge is 0.444 e. The Morgan fingerprint density at radius 2 is 1.28 bits per heavy atom. The van der Waals surface area contributed by atoms with Crippen LogP contribution in [0.15, 0.2) is 60.7 Å². The molecule has 2 rings (SSSR count). The van der Waals surface area contributed by atoms with Crippen molar-refractivity contribution in [2.45, 2.75) is 51.6 Å². The van der Waals surface area contributed by atoms with Crippen molar-refractivity contribution in [2.75, 3.05) is 6.54 Å². The highest BCUT2D eigenvalue weighted by molar-refractivity contribution is 5.87. The number of aliphatic hydroxyl groups is 2. The fraction of sp³-hybridized carbons (Fsp3) is 0.360. The molecule has 0 aromatic heterocycles. The Kier molecular flexibility index (Phi) is 8.82. The van der Waals surface area contributed by atoms with Gasteiger partial charge in [-0.3, -0.25) is 0 Å². The molecule has 32 heavy (non-hydrogen) atoms. The molecule has 0 radical (unpaired) electrons. The molecule has 7 heteroatoms. The van der Waals surface area contributed by atoms with E-state index >= 15 is 0 Å². The molecule has 0 aliphatic heterocycles. The van der Waals surface area contributed by atoms with Gasteiger partial charge in [0.1, 0.15) is 13.2 Å². The van der Waals surface area contributed by atoms with Gasteiger partial charge in [0.15, 0.2) is 5.60 Å². The molecule has 2 amide bonds. The summed E-state index contributed by atoms with van der Waals surface area (Å²) in [5.74, 6) is 5.28. The third-order valence-corrected chi connectivity index (χ3v) is 4.83. The summed E-state index contributed by atoms with van der Waals surface area (Å²) in [6, 6.07) is 18.2. The number of hydrogen-bond acceptors (Lipinski definition) is 6. The molecule has 7 nitrogen and oxygen atoms in total. The fourth-order valence-electron chi connectivity index (χ4n) is 2.41. The molecular formula is C25H29NO6. The van der Waals surface area contributed by atoms with E-state index in [1.807, 2.05) is 36.4 Å². The van der Waals surface area contributed by atoms with Crippen LogP contribution in [0.2, 0.25) is 0 Å². The zero-order valence-corrected chi connectivity index (χ0v) is 18.6. The van der Waals surface area contributed by atoms with Gasteiger partial charge in [-0.1, -0.05) is 72.5 Å². The number of ether oxygens (including phenoxy) is 2. The van der Waals surface area contributed by atoms with E-state index in [1.165, 1.54) is 20.8 Å². The SMILES string of the molecule is CC(C)(O)C(C)(O)C#CCCN(C(=O)OCc1ccccc1)C(=O)OCc1ccccc1. The molecule has 0 heterocycles. The zero-order chi connectivity index (χ0) is 23.6. The molecule has 0 saturated heterocycles. The molecule has 170 valence electrons. The first-order valence-corrected chi connectivity index (χ1v) is 10.2. The minimum absolute atomic E-state index is 0.00122. The van der Waals surface area contributed by atoms with Crippen LogP contribution in [-0.2, 0) is 22.7 Å². The van der Waals surface area contributed by atoms with Crippen LogP contribution < -0.4 is 0 Å². The zero-order valence-electron chi connectivity index (χ0n) is 18.6. The number of carbonyl (C=O) groups is 2. The number of amides is 2. The molecule has 1 atom stereocenters. The first kappa shape index (κ1) is 24.9. The second-order valence-electron chi connectivity index (χ2n) is 7.92. The first-order valence-electron chi connectivity index (χ1n) is 10.2. The smallest absolute Gasteiger partial charge is 0.419 e. The predicted octanol–water partition coefficient (Wildman–Crippen LogP) is 3.88. The van der Waals surface area contributed by atoms with Crippen LogP contribution in [0.5, 0.6) is 0 Å². The van der Waals surface area contributed by atoms with E-state index in [4.69, 9.17) is 9.47 Å². The number of hydrogen-bond donors (Lipinski definition) is 2. The van der Waals surface area contributed by atoms with Crippen LogP contribution in [-0.4, -0.2) is 45.0 Å². The van der Waals surface area contributed by atoms with Crippen molar-refractivity contribution in [2.24, 2.45) is 0 Å². The maximum Gasteiger partial charge on any atom is 0.419 e. The van der Waals surface area contributed by atoms with Crippen molar-refractivity contribution < 1.29 is 29.3 Å². The minimum Gasteiger partial charge on any atom is -0.444 e. The van der Waals surface area contributed by atoms with Crippen molar-refractivity contribution in [3.63, 3.8) is 0 Å². The van der Waals surface area contributed by atoms with Crippen molar-refractivity contribution in [3.8, 4) is 11.8 Å². The molecule has 2 N–H and O–H groups in total. The number of benzene rings is 2. The molecule has 0 saturated carbocycles. The topological polar surface area (TPSA) is 96.3 Å². The Hall–Kier alpha value is -3.34. The van der Waals surface area contributed by atoms with Gasteiger partial charge in [-0.05, 0) is 31.9 Å². The van der Waals surface area contributed by atoms with Crippen LogP contribution in [0.3, 0.4) is 0 Å². The third-order valence-electron chi connectivity index (χ3n) is 4.83. The lowest BCUT2D eigenvalue weighted by molar-refractivity contribution is -0.0821. The maximum atomic E-state index is 12.6. The van der Waals surface area contributed by atoms with E-state index in [0.717, 1.165) is 16.0 Å². The summed E-state index contributed by atoms with van der Waals surface area (Å²) in [7, 11) is 0. The van der Waals surface area contributed by atoms with Crippen LogP contribution >= 0.6 is 0 Å². The van der Waals surface area contributed by atoms with Gasteiger partial charge in [-0.25, -0.2) is 14.5 Å². The van der Waals surface area contributed by atoms with E-state index in [9.17, 15) is 19.8 Å². The van der Waals surface area contributed by atoms with Crippen molar-refractivity contribution in [3.05, 3.63) is 71.8 Å². The molecule has 0 bridgehead atoms. The van der Waals surface area contributed by atoms with Crippen molar-refractivity contribution in [1.29, 1.82) is 0 Å². The van der Waals surface area contributed by atoms with Gasteiger partial charge < -0.3 is 19.7 Å². The molecule has 0 spiro atoms. The van der Waals surface area contributed by atoms with E-state index in [0.29, 0.717) is 0 Å². The van der Waals surface area contributed by atoms with E-state index in [-0.39, 0.29) is 26.2 Å². The highest BCUT2D eigenvalue weighted by Crippen LogP contribution is 2.20. The van der Waals surface area contributed by atoms with Gasteiger partial charge in [0, 0.05) is 13.0 Å². The lowest BCUT2D eigenvalue weighted by atomic mass is 9.88. The highest BCUT2D eigenvalue weighted by Gasteiger charge is 2.35. The Morgan fingerprint density at radius 1 is 0.844 bits per heavy atom. The molecular weight excluding hydrogens is 410 g/mol. The Bertz CT molecular complexity index is 884. The summed E-state index contributed by atoms with van der Waals surface area (Å²) >= 11 is 0. The second-order valence-corrected chi connectivity index (χ2v) is 7.92. The molecule has 0 aliphatic carbocycles. The van der Waals surface area contributed by atoms with Gasteiger partial charge in [-0.15, -0.1) is 0 Å². The summed E-state index contributed by atoms with van der Waals surface area (Å²) in [6.45, 7) is 4.17. The van der Waals surface area contributed by atoms with E-state index in [1.54, 1.807) is 24.3 Å². The highest BCUT2D eigenvalue weighted by atomic mass is 16.6. The summed E-state index contributed by atoms with van der Waals surface area (Å²) in [4.78, 5) is 26.0. The van der Waals surface area contributed by atoms with Crippen LogP contribution in [0.25, 0.3) is 0 Å². The second kappa shape index (κ2) is 11.3. The Balaban J connectivity index is 2.04. The normalized spacial score (nSPS) is 12.7. The summed E-state index contributed by atoms with van der Waals surface area (Å²) in [5.41, 5.74) is -1.54. The number of rotatable bonds is 7. The van der Waals surface area contributed by atoms with Crippen LogP contribution in [0, 0.1) is 11.8 Å². The Morgan fingerprint density at radius 3 is 1.69 bits per heavy atom. The summed E-state index contributed by atoms with van der Waals surface area (Å²) in [5, 5.41) is 20.2. The average Bonchev–Trinajstić information content (AvgIpc) is 2.76. The monoisotopic (exact) mass is 439 g/mol. The number of carbonyl (C=O) groups excluding carboxylic acids is 2. The standard InChI is InChI=1S/C25H29NO6/c1-24(2,29)25(3,30)16-10-11-17-26(22(27)31-18-20-12-6-4-7-13-20)23(28)32-19-21-14-8-5-9-15-21/h4-9,12-15,29-30H,11,17-19H2,1-3H3. The lowest BCUT2D eigenvalue weighted by Crippen LogP contribution is -2.46. The van der Waals surface area contributed by atoms with Gasteiger partial charge in [0.05, 0.1) is 5.60 Å².